The topological polar surface area (TPSA) is 86.2 Å². The van der Waals surface area contributed by atoms with Crippen molar-refractivity contribution >= 4 is 11.8 Å². The van der Waals surface area contributed by atoms with E-state index in [4.69, 9.17) is 11.5 Å². The highest BCUT2D eigenvalue weighted by molar-refractivity contribution is 5.91. The van der Waals surface area contributed by atoms with E-state index in [-0.39, 0.29) is 12.3 Å². The van der Waals surface area contributed by atoms with E-state index in [0.29, 0.717) is 12.8 Å². The predicted molar refractivity (Wildman–Crippen MR) is 95.4 cm³/mol. The van der Waals surface area contributed by atoms with Crippen LogP contribution in [0.4, 0.5) is 0 Å². The first-order chi connectivity index (χ1) is 11.4. The Bertz CT molecular complexity index is 673. The Labute approximate surface area is 142 Å². The van der Waals surface area contributed by atoms with Gasteiger partial charge < -0.3 is 11.5 Å². The number of amides is 2. The van der Waals surface area contributed by atoms with Gasteiger partial charge in [-0.25, -0.2) is 0 Å². The Balaban J connectivity index is 2.55. The Morgan fingerprint density at radius 1 is 0.833 bits per heavy atom. The van der Waals surface area contributed by atoms with Crippen LogP contribution < -0.4 is 11.5 Å². The van der Waals surface area contributed by atoms with Crippen LogP contribution >= 0.6 is 0 Å². The molecule has 0 heterocycles. The normalized spacial score (nSPS) is 11.2. The fourth-order valence-corrected chi connectivity index (χ4v) is 3.07. The van der Waals surface area contributed by atoms with Crippen molar-refractivity contribution in [2.75, 3.05) is 0 Å². The maximum Gasteiger partial charge on any atom is 0.232 e. The molecule has 24 heavy (non-hydrogen) atoms. The van der Waals surface area contributed by atoms with Crippen LogP contribution in [0.2, 0.25) is 0 Å². The highest BCUT2D eigenvalue weighted by Crippen LogP contribution is 2.37. The second-order valence-corrected chi connectivity index (χ2v) is 6.32. The third-order valence-corrected chi connectivity index (χ3v) is 4.48. The maximum absolute atomic E-state index is 12.6. The molecule has 4 nitrogen and oxygen atoms in total. The third-order valence-electron chi connectivity index (χ3n) is 4.48. The van der Waals surface area contributed by atoms with Crippen molar-refractivity contribution in [3.05, 3.63) is 70.8 Å². The van der Waals surface area contributed by atoms with Gasteiger partial charge in [0.2, 0.25) is 11.8 Å². The van der Waals surface area contributed by atoms with Gasteiger partial charge in [-0.1, -0.05) is 59.7 Å². The zero-order valence-electron chi connectivity index (χ0n) is 14.2. The van der Waals surface area contributed by atoms with Gasteiger partial charge in [-0.05, 0) is 37.8 Å². The summed E-state index contributed by atoms with van der Waals surface area (Å²) in [6, 6.07) is 15.6. The summed E-state index contributed by atoms with van der Waals surface area (Å²) in [6.07, 6.45) is 1.17. The molecular weight excluding hydrogens is 300 g/mol. The molecule has 0 fully saturated rings. The molecule has 2 amide bonds. The van der Waals surface area contributed by atoms with E-state index >= 15 is 0 Å². The van der Waals surface area contributed by atoms with Crippen LogP contribution in [0.15, 0.2) is 48.5 Å². The third kappa shape index (κ3) is 3.65. The van der Waals surface area contributed by atoms with Crippen molar-refractivity contribution in [1.29, 1.82) is 0 Å². The molecule has 2 aromatic rings. The molecular formula is C20H24N2O2. The minimum Gasteiger partial charge on any atom is -0.370 e. The first kappa shape index (κ1) is 17.7. The van der Waals surface area contributed by atoms with Crippen molar-refractivity contribution < 1.29 is 9.59 Å². The Kier molecular flexibility index (Phi) is 5.39. The van der Waals surface area contributed by atoms with Crippen LogP contribution in [0.1, 0.15) is 41.5 Å². The summed E-state index contributed by atoms with van der Waals surface area (Å²) in [7, 11) is 0. The Hall–Kier alpha value is -2.62. The lowest BCUT2D eigenvalue weighted by molar-refractivity contribution is -0.123. The Morgan fingerprint density at radius 2 is 1.25 bits per heavy atom. The van der Waals surface area contributed by atoms with Crippen LogP contribution in [0, 0.1) is 13.8 Å². The molecule has 0 saturated heterocycles. The van der Waals surface area contributed by atoms with E-state index in [1.165, 1.54) is 0 Å². The molecule has 4 heteroatoms. The summed E-state index contributed by atoms with van der Waals surface area (Å²) in [4.78, 5) is 23.7. The Morgan fingerprint density at radius 3 is 1.58 bits per heavy atom. The molecule has 4 N–H and O–H groups in total. The van der Waals surface area contributed by atoms with Gasteiger partial charge in [0, 0.05) is 6.42 Å². The van der Waals surface area contributed by atoms with Gasteiger partial charge in [0.25, 0.3) is 0 Å². The molecule has 0 aliphatic rings. The smallest absolute Gasteiger partial charge is 0.232 e. The van der Waals surface area contributed by atoms with Crippen LogP contribution in [0.5, 0.6) is 0 Å². The predicted octanol–water partition coefficient (Wildman–Crippen LogP) is 2.73. The van der Waals surface area contributed by atoms with Gasteiger partial charge in [0.1, 0.15) is 0 Å². The minimum absolute atomic E-state index is 0.229. The summed E-state index contributed by atoms with van der Waals surface area (Å²) in [5, 5.41) is 0. The van der Waals surface area contributed by atoms with Crippen LogP contribution in [0.25, 0.3) is 0 Å². The summed E-state index contributed by atoms with van der Waals surface area (Å²) in [5.74, 6) is -0.791. The second kappa shape index (κ2) is 7.30. The van der Waals surface area contributed by atoms with Gasteiger partial charge in [0.05, 0.1) is 5.41 Å². The number of aryl methyl sites for hydroxylation is 2. The number of nitrogens with two attached hydrogens (primary N) is 2. The standard InChI is InChI=1S/C20H24N2O2/c1-14-5-9-16(10-6-14)20(19(22)24,13-3-4-18(21)23)17-11-7-15(2)8-12-17/h5-12H,3-4,13H2,1-2H3,(H2,21,23)(H2,22,24). The van der Waals surface area contributed by atoms with Crippen LogP contribution in [-0.4, -0.2) is 11.8 Å². The zero-order chi connectivity index (χ0) is 17.7. The van der Waals surface area contributed by atoms with Gasteiger partial charge in [-0.3, -0.25) is 9.59 Å². The largest absolute Gasteiger partial charge is 0.370 e. The molecule has 0 spiro atoms. The van der Waals surface area contributed by atoms with E-state index in [0.717, 1.165) is 22.3 Å². The first-order valence-corrected chi connectivity index (χ1v) is 8.09. The average Bonchev–Trinajstić information content (AvgIpc) is 2.53. The lowest BCUT2D eigenvalue weighted by Crippen LogP contribution is -2.42. The number of hydrogen-bond acceptors (Lipinski definition) is 2. The maximum atomic E-state index is 12.6. The number of carbonyl (C=O) groups excluding carboxylic acids is 2. The quantitative estimate of drug-likeness (QED) is 0.820. The van der Waals surface area contributed by atoms with E-state index < -0.39 is 11.3 Å². The monoisotopic (exact) mass is 324 g/mol. The molecule has 126 valence electrons. The molecule has 0 aliphatic carbocycles. The van der Waals surface area contributed by atoms with Gasteiger partial charge in [-0.2, -0.15) is 0 Å². The van der Waals surface area contributed by atoms with Crippen LogP contribution in [0.3, 0.4) is 0 Å². The number of primary amides is 2. The van der Waals surface area contributed by atoms with Gasteiger partial charge in [0.15, 0.2) is 0 Å². The minimum atomic E-state index is -0.961. The summed E-state index contributed by atoms with van der Waals surface area (Å²) in [5.41, 5.74) is 14.1. The zero-order valence-corrected chi connectivity index (χ0v) is 14.2. The summed E-state index contributed by atoms with van der Waals surface area (Å²) in [6.45, 7) is 3.99. The van der Waals surface area contributed by atoms with Crippen molar-refractivity contribution in [2.45, 2.75) is 38.5 Å². The highest BCUT2D eigenvalue weighted by atomic mass is 16.1. The first-order valence-electron chi connectivity index (χ1n) is 8.09. The van der Waals surface area contributed by atoms with E-state index in [9.17, 15) is 9.59 Å². The molecule has 2 aromatic carbocycles. The number of rotatable bonds is 7. The molecule has 0 radical (unpaired) electrons. The lowest BCUT2D eigenvalue weighted by Gasteiger charge is -2.32. The lowest BCUT2D eigenvalue weighted by atomic mass is 9.70. The van der Waals surface area contributed by atoms with Crippen molar-refractivity contribution in [3.8, 4) is 0 Å². The molecule has 0 atom stereocenters. The fourth-order valence-electron chi connectivity index (χ4n) is 3.07. The second-order valence-electron chi connectivity index (χ2n) is 6.32. The SMILES string of the molecule is Cc1ccc(C(CCCC(N)=O)(C(N)=O)c2ccc(C)cc2)cc1. The molecule has 0 saturated carbocycles. The molecule has 0 bridgehead atoms. The average molecular weight is 324 g/mol. The highest BCUT2D eigenvalue weighted by Gasteiger charge is 2.39. The summed E-state index contributed by atoms with van der Waals surface area (Å²) >= 11 is 0. The number of carbonyl (C=O) groups is 2. The number of benzene rings is 2. The van der Waals surface area contributed by atoms with Gasteiger partial charge in [-0.15, -0.1) is 0 Å². The molecule has 0 aromatic heterocycles. The molecule has 0 aliphatic heterocycles. The van der Waals surface area contributed by atoms with Gasteiger partial charge >= 0.3 is 0 Å². The molecule has 2 rings (SSSR count). The van der Waals surface area contributed by atoms with E-state index in [1.54, 1.807) is 0 Å². The fraction of sp³-hybridized carbons (Fsp3) is 0.300. The van der Waals surface area contributed by atoms with E-state index in [2.05, 4.69) is 0 Å². The number of hydrogen-bond donors (Lipinski definition) is 2. The van der Waals surface area contributed by atoms with Crippen molar-refractivity contribution in [2.24, 2.45) is 11.5 Å². The summed E-state index contributed by atoms with van der Waals surface area (Å²) < 4.78 is 0. The van der Waals surface area contributed by atoms with Crippen molar-refractivity contribution in [3.63, 3.8) is 0 Å². The molecule has 0 unspecified atom stereocenters. The van der Waals surface area contributed by atoms with Crippen molar-refractivity contribution in [1.82, 2.24) is 0 Å². The van der Waals surface area contributed by atoms with E-state index in [1.807, 2.05) is 62.4 Å². The van der Waals surface area contributed by atoms with Crippen LogP contribution in [-0.2, 0) is 15.0 Å².